The molecule has 16 heavy (non-hydrogen) atoms. The zero-order chi connectivity index (χ0) is 11.8. The van der Waals surface area contributed by atoms with Crippen LogP contribution in [0.1, 0.15) is 38.5 Å². The molecule has 1 amide bonds. The van der Waals surface area contributed by atoms with Crippen molar-refractivity contribution < 1.29 is 18.3 Å². The van der Waals surface area contributed by atoms with Crippen LogP contribution >= 0.6 is 0 Å². The van der Waals surface area contributed by atoms with Gasteiger partial charge < -0.3 is 14.6 Å². The topological polar surface area (TPSA) is 78.5 Å². The van der Waals surface area contributed by atoms with E-state index in [4.69, 9.17) is 4.74 Å². The number of alkyl carbamates (subject to hydrolysis) is 1. The molecule has 94 valence electrons. The van der Waals surface area contributed by atoms with E-state index in [0.717, 1.165) is 25.7 Å². The molecule has 6 heteroatoms. The molecule has 1 saturated carbocycles. The SMILES string of the molecule is O=C(NC1CCCCC1)OCCCS(=O)[O-]. The Morgan fingerprint density at radius 1 is 1.38 bits per heavy atom. The molecule has 5 nitrogen and oxygen atoms in total. The molecule has 0 saturated heterocycles. The average Bonchev–Trinajstić information content (AvgIpc) is 2.25. The summed E-state index contributed by atoms with van der Waals surface area (Å²) in [6, 6.07) is 0.231. The van der Waals surface area contributed by atoms with Gasteiger partial charge in [-0.1, -0.05) is 30.3 Å². The average molecular weight is 248 g/mol. The van der Waals surface area contributed by atoms with Crippen LogP contribution in [0, 0.1) is 0 Å². The van der Waals surface area contributed by atoms with Crippen molar-refractivity contribution in [2.45, 2.75) is 44.6 Å². The maximum Gasteiger partial charge on any atom is 0.407 e. The standard InChI is InChI=1S/C10H19NO4S/c12-10(15-7-4-8-16(13)14)11-9-5-2-1-3-6-9/h9H,1-8H2,(H,11,12)(H,13,14)/p-1. The first-order chi connectivity index (χ1) is 7.68. The van der Waals surface area contributed by atoms with Crippen LogP contribution in [0.5, 0.6) is 0 Å². The first-order valence-corrected chi connectivity index (χ1v) is 6.92. The predicted molar refractivity (Wildman–Crippen MR) is 59.8 cm³/mol. The fourth-order valence-corrected chi connectivity index (χ4v) is 2.15. The Balaban J connectivity index is 2.03. The Morgan fingerprint density at radius 3 is 2.69 bits per heavy atom. The van der Waals surface area contributed by atoms with E-state index < -0.39 is 17.2 Å². The third-order valence-electron chi connectivity index (χ3n) is 2.62. The molecule has 0 aromatic rings. The largest absolute Gasteiger partial charge is 0.772 e. The Hall–Kier alpha value is -0.620. The van der Waals surface area contributed by atoms with Crippen LogP contribution in [0.15, 0.2) is 0 Å². The van der Waals surface area contributed by atoms with Crippen LogP contribution < -0.4 is 5.32 Å². The second kappa shape index (κ2) is 7.62. The highest BCUT2D eigenvalue weighted by atomic mass is 32.2. The van der Waals surface area contributed by atoms with Crippen molar-refractivity contribution in [3.8, 4) is 0 Å². The second-order valence-corrected chi connectivity index (χ2v) is 4.99. The second-order valence-electron chi connectivity index (χ2n) is 3.98. The minimum absolute atomic E-state index is 0.0384. The Bertz CT molecular complexity index is 241. The maximum absolute atomic E-state index is 11.3. The molecule has 0 bridgehead atoms. The zero-order valence-corrected chi connectivity index (χ0v) is 10.1. The first-order valence-electron chi connectivity index (χ1n) is 5.67. The van der Waals surface area contributed by atoms with Crippen molar-refractivity contribution in [3.05, 3.63) is 0 Å². The van der Waals surface area contributed by atoms with Crippen molar-refractivity contribution in [1.82, 2.24) is 5.32 Å². The molecule has 1 unspecified atom stereocenters. The summed E-state index contributed by atoms with van der Waals surface area (Å²) in [4.78, 5) is 11.3. The summed E-state index contributed by atoms with van der Waals surface area (Å²) in [6.07, 6.45) is 5.50. The lowest BCUT2D eigenvalue weighted by Crippen LogP contribution is -2.36. The summed E-state index contributed by atoms with van der Waals surface area (Å²) in [5, 5.41) is 2.79. The molecule has 1 fully saturated rings. The van der Waals surface area contributed by atoms with Gasteiger partial charge >= 0.3 is 6.09 Å². The summed E-state index contributed by atoms with van der Waals surface area (Å²) in [6.45, 7) is 0.159. The lowest BCUT2D eigenvalue weighted by Gasteiger charge is -2.22. The predicted octanol–water partition coefficient (Wildman–Crippen LogP) is 1.31. The lowest BCUT2D eigenvalue weighted by molar-refractivity contribution is 0.139. The van der Waals surface area contributed by atoms with Gasteiger partial charge in [-0.25, -0.2) is 4.79 Å². The smallest absolute Gasteiger partial charge is 0.407 e. The number of amides is 1. The molecule has 0 aromatic heterocycles. The number of nitrogens with one attached hydrogen (secondary N) is 1. The third kappa shape index (κ3) is 6.07. The maximum atomic E-state index is 11.3. The van der Waals surface area contributed by atoms with Crippen LogP contribution in [-0.2, 0) is 15.8 Å². The van der Waals surface area contributed by atoms with Gasteiger partial charge in [-0.3, -0.25) is 4.21 Å². The zero-order valence-electron chi connectivity index (χ0n) is 9.28. The minimum atomic E-state index is -2.05. The van der Waals surface area contributed by atoms with Gasteiger partial charge in [0.1, 0.15) is 0 Å². The Morgan fingerprint density at radius 2 is 2.06 bits per heavy atom. The van der Waals surface area contributed by atoms with Gasteiger partial charge in [0, 0.05) is 11.8 Å². The van der Waals surface area contributed by atoms with Gasteiger partial charge in [0.2, 0.25) is 0 Å². The van der Waals surface area contributed by atoms with Crippen LogP contribution in [0.4, 0.5) is 4.79 Å². The molecular formula is C10H18NO4S-. The molecule has 0 heterocycles. The van der Waals surface area contributed by atoms with Crippen molar-refractivity contribution in [2.24, 2.45) is 0 Å². The Labute approximate surface area is 98.2 Å². The Kier molecular flexibility index (Phi) is 6.40. The quantitative estimate of drug-likeness (QED) is 0.588. The van der Waals surface area contributed by atoms with Crippen LogP contribution in [-0.4, -0.2) is 33.3 Å². The van der Waals surface area contributed by atoms with Crippen molar-refractivity contribution in [1.29, 1.82) is 0 Å². The van der Waals surface area contributed by atoms with Gasteiger partial charge in [0.15, 0.2) is 0 Å². The monoisotopic (exact) mass is 248 g/mol. The van der Waals surface area contributed by atoms with E-state index in [0.29, 0.717) is 6.42 Å². The lowest BCUT2D eigenvalue weighted by atomic mass is 9.96. The summed E-state index contributed by atoms with van der Waals surface area (Å²) >= 11 is -2.05. The molecule has 0 aliphatic heterocycles. The molecule has 1 N–H and O–H groups in total. The molecule has 1 rings (SSSR count). The van der Waals surface area contributed by atoms with Gasteiger partial charge in [0.05, 0.1) is 6.61 Å². The van der Waals surface area contributed by atoms with Crippen molar-refractivity contribution in [3.63, 3.8) is 0 Å². The van der Waals surface area contributed by atoms with Gasteiger partial charge in [-0.05, 0) is 19.3 Å². The molecule has 1 aliphatic carbocycles. The van der Waals surface area contributed by atoms with Crippen molar-refractivity contribution >= 4 is 17.2 Å². The molecule has 1 atom stereocenters. The summed E-state index contributed by atoms with van der Waals surface area (Å²) in [5.41, 5.74) is 0. The van der Waals surface area contributed by atoms with Crippen LogP contribution in [0.25, 0.3) is 0 Å². The highest BCUT2D eigenvalue weighted by Crippen LogP contribution is 2.17. The number of hydrogen-bond acceptors (Lipinski definition) is 4. The molecule has 0 aromatic carbocycles. The molecule has 1 aliphatic rings. The van der Waals surface area contributed by atoms with Crippen LogP contribution in [0.3, 0.4) is 0 Å². The van der Waals surface area contributed by atoms with Gasteiger partial charge in [0.25, 0.3) is 0 Å². The highest BCUT2D eigenvalue weighted by Gasteiger charge is 2.15. The molecule has 0 radical (unpaired) electrons. The van der Waals surface area contributed by atoms with Crippen LogP contribution in [0.2, 0.25) is 0 Å². The van der Waals surface area contributed by atoms with Crippen molar-refractivity contribution in [2.75, 3.05) is 12.4 Å². The van der Waals surface area contributed by atoms with E-state index in [1.807, 2.05) is 0 Å². The number of carbonyl (C=O) groups is 1. The minimum Gasteiger partial charge on any atom is -0.772 e. The number of rotatable bonds is 5. The van der Waals surface area contributed by atoms with E-state index in [-0.39, 0.29) is 18.4 Å². The van der Waals surface area contributed by atoms with E-state index in [1.54, 1.807) is 0 Å². The number of hydrogen-bond donors (Lipinski definition) is 1. The highest BCUT2D eigenvalue weighted by molar-refractivity contribution is 7.79. The van der Waals surface area contributed by atoms with E-state index >= 15 is 0 Å². The van der Waals surface area contributed by atoms with Gasteiger partial charge in [-0.15, -0.1) is 0 Å². The molecular weight excluding hydrogens is 230 g/mol. The van der Waals surface area contributed by atoms with E-state index in [9.17, 15) is 13.6 Å². The number of ether oxygens (including phenoxy) is 1. The van der Waals surface area contributed by atoms with E-state index in [1.165, 1.54) is 6.42 Å². The van der Waals surface area contributed by atoms with Gasteiger partial charge in [-0.2, -0.15) is 0 Å². The summed E-state index contributed by atoms with van der Waals surface area (Å²) < 4.78 is 25.3. The summed E-state index contributed by atoms with van der Waals surface area (Å²) in [7, 11) is 0. The fraction of sp³-hybridized carbons (Fsp3) is 0.900. The normalized spacial score (nSPS) is 19.1. The third-order valence-corrected chi connectivity index (χ3v) is 3.24. The first kappa shape index (κ1) is 13.4. The summed E-state index contributed by atoms with van der Waals surface area (Å²) in [5.74, 6) is 0.0384. The fourth-order valence-electron chi connectivity index (χ4n) is 1.80. The van der Waals surface area contributed by atoms with E-state index in [2.05, 4.69) is 5.32 Å². The number of carbonyl (C=O) groups excluding carboxylic acids is 1. The molecule has 0 spiro atoms.